The smallest absolute Gasteiger partial charge is 0.407 e. The second-order valence-corrected chi connectivity index (χ2v) is 10.7. The predicted molar refractivity (Wildman–Crippen MR) is 113 cm³/mol. The summed E-state index contributed by atoms with van der Waals surface area (Å²) in [7, 11) is 0. The van der Waals surface area contributed by atoms with E-state index in [1.165, 1.54) is 11.8 Å². The molecular formula is C22H33NO4S. The molecule has 0 unspecified atom stereocenters. The summed E-state index contributed by atoms with van der Waals surface area (Å²) < 4.78 is 11.0. The highest BCUT2D eigenvalue weighted by Crippen LogP contribution is 2.40. The normalized spacial score (nSPS) is 21.1. The zero-order valence-corrected chi connectivity index (χ0v) is 18.5. The second-order valence-electron chi connectivity index (χ2n) is 8.83. The highest BCUT2D eigenvalue weighted by atomic mass is 32.2. The van der Waals surface area contributed by atoms with Crippen molar-refractivity contribution < 1.29 is 19.1 Å². The first-order valence-corrected chi connectivity index (χ1v) is 10.7. The van der Waals surface area contributed by atoms with Crippen LogP contribution < -0.4 is 5.32 Å². The maximum atomic E-state index is 12.8. The van der Waals surface area contributed by atoms with Gasteiger partial charge in [0.2, 0.25) is 0 Å². The van der Waals surface area contributed by atoms with E-state index in [2.05, 4.69) is 19.2 Å². The summed E-state index contributed by atoms with van der Waals surface area (Å²) in [6, 6.07) is 9.34. The van der Waals surface area contributed by atoms with Gasteiger partial charge >= 0.3 is 6.09 Å². The van der Waals surface area contributed by atoms with Crippen LogP contribution in [-0.2, 0) is 20.9 Å². The van der Waals surface area contributed by atoms with Crippen molar-refractivity contribution in [2.45, 2.75) is 77.6 Å². The van der Waals surface area contributed by atoms with E-state index in [1.54, 1.807) is 0 Å². The van der Waals surface area contributed by atoms with Gasteiger partial charge in [-0.25, -0.2) is 4.79 Å². The van der Waals surface area contributed by atoms with Gasteiger partial charge in [0.25, 0.3) is 0 Å². The predicted octanol–water partition coefficient (Wildman–Crippen LogP) is 4.79. The molecule has 0 bridgehead atoms. The summed E-state index contributed by atoms with van der Waals surface area (Å²) in [5, 5.41) is 3.01. The number of hydrogen-bond donors (Lipinski definition) is 1. The molecule has 0 radical (unpaired) electrons. The van der Waals surface area contributed by atoms with Gasteiger partial charge in [-0.1, -0.05) is 76.7 Å². The second kappa shape index (κ2) is 9.79. The van der Waals surface area contributed by atoms with Gasteiger partial charge in [-0.3, -0.25) is 4.79 Å². The topological polar surface area (TPSA) is 67.9 Å². The van der Waals surface area contributed by atoms with Gasteiger partial charge in [0, 0.05) is 4.75 Å². The molecule has 0 saturated carbocycles. The third-order valence-corrected chi connectivity index (χ3v) is 5.56. The summed E-state index contributed by atoms with van der Waals surface area (Å²) >= 11 is 1.38. The standard InChI is InChI=1S/C22H33NO4S/c1-14(2)12-17(20(24)28-22(4,5)6)19-18(27-19)15(3)23-21(25)26-13-16-10-8-7-9-11-16/h7-11,14-15,17-19H,12-13H2,1-6H3,(H,23,25)/t15-,17+,18-,19-/m0/s1. The molecule has 0 spiro atoms. The molecule has 5 nitrogen and oxygen atoms in total. The van der Waals surface area contributed by atoms with E-state index in [9.17, 15) is 9.59 Å². The average molecular weight is 408 g/mol. The van der Waals surface area contributed by atoms with Crippen LogP contribution in [0.25, 0.3) is 0 Å². The molecule has 1 amide bonds. The Labute approximate surface area is 172 Å². The van der Waals surface area contributed by atoms with E-state index < -0.39 is 6.09 Å². The maximum absolute atomic E-state index is 12.8. The molecule has 4 atom stereocenters. The van der Waals surface area contributed by atoms with Crippen LogP contribution in [0.1, 0.15) is 53.5 Å². The molecule has 0 aromatic heterocycles. The lowest BCUT2D eigenvalue weighted by atomic mass is 9.92. The van der Waals surface area contributed by atoms with E-state index in [-0.39, 0.29) is 40.6 Å². The molecule has 1 N–H and O–H groups in total. The van der Waals surface area contributed by atoms with Crippen molar-refractivity contribution in [2.75, 3.05) is 0 Å². The Kier molecular flexibility index (Phi) is 7.96. The van der Waals surface area contributed by atoms with E-state index in [1.807, 2.05) is 58.0 Å². The first-order chi connectivity index (χ1) is 13.1. The van der Waals surface area contributed by atoms with Gasteiger partial charge < -0.3 is 14.8 Å². The molecule has 2 rings (SSSR count). The molecule has 28 heavy (non-hydrogen) atoms. The number of ether oxygens (including phenoxy) is 2. The molecule has 1 aliphatic rings. The molecule has 1 heterocycles. The molecule has 1 aromatic carbocycles. The number of rotatable bonds is 8. The van der Waals surface area contributed by atoms with Crippen molar-refractivity contribution in [3.8, 4) is 0 Å². The number of amides is 1. The zero-order chi connectivity index (χ0) is 20.9. The zero-order valence-electron chi connectivity index (χ0n) is 17.7. The Hall–Kier alpha value is -1.53. The first kappa shape index (κ1) is 22.8. The van der Waals surface area contributed by atoms with Crippen LogP contribution in [0.5, 0.6) is 0 Å². The fraction of sp³-hybridized carbons (Fsp3) is 0.636. The number of nitrogens with one attached hydrogen (secondary N) is 1. The number of benzene rings is 1. The Morgan fingerprint density at radius 1 is 1.14 bits per heavy atom. The minimum absolute atomic E-state index is 0.123. The SMILES string of the molecule is CC(C)C[C@@H](C(=O)SC(C)(C)C)[C@@H]1O[C@H]1[C@H](C)NC(=O)OCc1ccccc1. The van der Waals surface area contributed by atoms with Crippen molar-refractivity contribution in [3.63, 3.8) is 0 Å². The third kappa shape index (κ3) is 7.47. The van der Waals surface area contributed by atoms with Gasteiger partial charge in [-0.15, -0.1) is 0 Å². The van der Waals surface area contributed by atoms with Crippen LogP contribution in [0.4, 0.5) is 4.79 Å². The van der Waals surface area contributed by atoms with Gasteiger partial charge in [0.15, 0.2) is 5.12 Å². The lowest BCUT2D eigenvalue weighted by Gasteiger charge is -2.22. The Morgan fingerprint density at radius 3 is 2.36 bits per heavy atom. The molecule has 156 valence electrons. The lowest BCUT2D eigenvalue weighted by Crippen LogP contribution is -2.38. The molecule has 1 aliphatic heterocycles. The number of hydrogen-bond acceptors (Lipinski definition) is 5. The molecule has 6 heteroatoms. The van der Waals surface area contributed by atoms with Crippen molar-refractivity contribution in [2.24, 2.45) is 11.8 Å². The monoisotopic (exact) mass is 407 g/mol. The van der Waals surface area contributed by atoms with Crippen LogP contribution in [0.3, 0.4) is 0 Å². The fourth-order valence-corrected chi connectivity index (χ4v) is 4.13. The molecule has 1 fully saturated rings. The molecule has 0 aliphatic carbocycles. The van der Waals surface area contributed by atoms with Crippen molar-refractivity contribution in [1.29, 1.82) is 0 Å². The summed E-state index contributed by atoms with van der Waals surface area (Å²) in [5.41, 5.74) is 0.938. The summed E-state index contributed by atoms with van der Waals surface area (Å²) in [5.74, 6) is 0.247. The maximum Gasteiger partial charge on any atom is 0.407 e. The third-order valence-electron chi connectivity index (χ3n) is 4.44. The Balaban J connectivity index is 1.86. The summed E-state index contributed by atoms with van der Waals surface area (Å²) in [6.45, 7) is 12.5. The van der Waals surface area contributed by atoms with E-state index in [4.69, 9.17) is 9.47 Å². The van der Waals surface area contributed by atoms with Crippen LogP contribution in [0.15, 0.2) is 30.3 Å². The minimum atomic E-state index is -0.471. The molecule has 1 aromatic rings. The van der Waals surface area contributed by atoms with Crippen LogP contribution in [-0.4, -0.2) is 34.2 Å². The number of epoxide rings is 1. The van der Waals surface area contributed by atoms with E-state index >= 15 is 0 Å². The molecule has 1 saturated heterocycles. The number of carbonyl (C=O) groups is 2. The largest absolute Gasteiger partial charge is 0.445 e. The molecular weight excluding hydrogens is 374 g/mol. The summed E-state index contributed by atoms with van der Waals surface area (Å²) in [4.78, 5) is 24.9. The fourth-order valence-electron chi connectivity index (χ4n) is 3.14. The lowest BCUT2D eigenvalue weighted by molar-refractivity contribution is -0.115. The van der Waals surface area contributed by atoms with Gasteiger partial charge in [0.1, 0.15) is 12.7 Å². The van der Waals surface area contributed by atoms with Gasteiger partial charge in [-0.05, 0) is 24.8 Å². The number of alkyl carbamates (subject to hydrolysis) is 1. The summed E-state index contributed by atoms with van der Waals surface area (Å²) in [6.07, 6.45) is 0.0157. The Morgan fingerprint density at radius 2 is 1.79 bits per heavy atom. The van der Waals surface area contributed by atoms with Gasteiger partial charge in [0.05, 0.1) is 18.1 Å². The van der Waals surface area contributed by atoms with Crippen molar-refractivity contribution >= 4 is 23.0 Å². The van der Waals surface area contributed by atoms with Crippen LogP contribution in [0.2, 0.25) is 0 Å². The Bertz CT molecular complexity index is 656. The van der Waals surface area contributed by atoms with Crippen molar-refractivity contribution in [1.82, 2.24) is 5.32 Å². The van der Waals surface area contributed by atoms with E-state index in [0.717, 1.165) is 12.0 Å². The highest BCUT2D eigenvalue weighted by molar-refractivity contribution is 8.14. The van der Waals surface area contributed by atoms with Crippen molar-refractivity contribution in [3.05, 3.63) is 35.9 Å². The van der Waals surface area contributed by atoms with E-state index in [0.29, 0.717) is 5.92 Å². The number of thioether (sulfide) groups is 1. The van der Waals surface area contributed by atoms with Crippen LogP contribution >= 0.6 is 11.8 Å². The van der Waals surface area contributed by atoms with Gasteiger partial charge in [-0.2, -0.15) is 0 Å². The average Bonchev–Trinajstić information content (AvgIpc) is 3.37. The number of carbonyl (C=O) groups excluding carboxylic acids is 2. The minimum Gasteiger partial charge on any atom is -0.445 e. The van der Waals surface area contributed by atoms with Crippen LogP contribution in [0, 0.1) is 11.8 Å². The highest BCUT2D eigenvalue weighted by Gasteiger charge is 2.51. The quantitative estimate of drug-likeness (QED) is 0.628. The first-order valence-electron chi connectivity index (χ1n) is 9.92.